The second-order valence-electron chi connectivity index (χ2n) is 5.21. The molecule has 0 aliphatic rings. The lowest BCUT2D eigenvalue weighted by Crippen LogP contribution is -2.22. The number of nitrogens with zero attached hydrogens (tertiary/aromatic N) is 2. The molecule has 0 atom stereocenters. The molecule has 2 aromatic carbocycles. The first-order chi connectivity index (χ1) is 12.3. The average molecular weight is 363 g/mol. The third-order valence-electron chi connectivity index (χ3n) is 3.36. The van der Waals surface area contributed by atoms with Crippen LogP contribution in [0.1, 0.15) is 5.69 Å². The molecule has 0 aliphatic heterocycles. The Kier molecular flexibility index (Phi) is 4.59. The monoisotopic (exact) mass is 363 g/mol. The van der Waals surface area contributed by atoms with Crippen LogP contribution < -0.4 is 16.1 Å². The minimum Gasteiger partial charge on any atom is -0.308 e. The highest BCUT2D eigenvalue weighted by Gasteiger charge is 2.34. The van der Waals surface area contributed by atoms with Gasteiger partial charge in [0.05, 0.1) is 0 Å². The van der Waals surface area contributed by atoms with E-state index < -0.39 is 29.7 Å². The van der Waals surface area contributed by atoms with Crippen molar-refractivity contribution in [3.8, 4) is 0 Å². The Hall–Kier alpha value is -3.40. The van der Waals surface area contributed by atoms with Crippen molar-refractivity contribution in [3.05, 3.63) is 54.2 Å². The van der Waals surface area contributed by atoms with Crippen LogP contribution >= 0.6 is 0 Å². The largest absolute Gasteiger partial charge is 0.433 e. The molecule has 1 heterocycles. The number of fused-ring (bicyclic) bond motifs is 1. The van der Waals surface area contributed by atoms with Crippen LogP contribution in [0.25, 0.3) is 10.8 Å². The highest BCUT2D eigenvalue weighted by molar-refractivity contribution is 6.00. The van der Waals surface area contributed by atoms with Crippen molar-refractivity contribution in [1.82, 2.24) is 9.97 Å². The van der Waals surface area contributed by atoms with Crippen molar-refractivity contribution in [1.29, 1.82) is 0 Å². The van der Waals surface area contributed by atoms with Gasteiger partial charge in [0.2, 0.25) is 5.95 Å². The fraction of sp³-hybridized carbons (Fsp3) is 0.0625. The van der Waals surface area contributed by atoms with Gasteiger partial charge in [-0.1, -0.05) is 30.3 Å². The number of rotatable bonds is 3. The minimum absolute atomic E-state index is 0.439. The molecule has 3 aromatic rings. The van der Waals surface area contributed by atoms with Crippen LogP contribution in [0.5, 0.6) is 0 Å². The summed E-state index contributed by atoms with van der Waals surface area (Å²) in [4.78, 5) is 18.8. The second-order valence-corrected chi connectivity index (χ2v) is 5.21. The molecule has 26 heavy (non-hydrogen) atoms. The number of aromatic nitrogens is 2. The van der Waals surface area contributed by atoms with Gasteiger partial charge in [-0.05, 0) is 22.9 Å². The number of halogens is 3. The number of anilines is 3. The summed E-state index contributed by atoms with van der Waals surface area (Å²) in [6.07, 6.45) is -4.76. The predicted octanol–water partition coefficient (Wildman–Crippen LogP) is 4.09. The van der Waals surface area contributed by atoms with E-state index in [0.29, 0.717) is 11.8 Å². The molecule has 0 fully saturated rings. The highest BCUT2D eigenvalue weighted by atomic mass is 19.4. The van der Waals surface area contributed by atoms with E-state index in [1.54, 1.807) is 18.2 Å². The summed E-state index contributed by atoms with van der Waals surface area (Å²) in [5.74, 6) is -1.12. The Morgan fingerprint density at radius 1 is 0.962 bits per heavy atom. The van der Waals surface area contributed by atoms with E-state index in [4.69, 9.17) is 5.21 Å². The zero-order chi connectivity index (χ0) is 18.7. The number of urea groups is 1. The van der Waals surface area contributed by atoms with E-state index in [9.17, 15) is 18.0 Å². The second kappa shape index (κ2) is 6.84. The van der Waals surface area contributed by atoms with Gasteiger partial charge in [-0.2, -0.15) is 18.2 Å². The highest BCUT2D eigenvalue weighted by Crippen LogP contribution is 2.29. The molecule has 0 aliphatic carbocycles. The van der Waals surface area contributed by atoms with Crippen LogP contribution in [0.2, 0.25) is 0 Å². The van der Waals surface area contributed by atoms with Gasteiger partial charge in [0.15, 0.2) is 11.5 Å². The van der Waals surface area contributed by atoms with Crippen LogP contribution in [-0.2, 0) is 6.18 Å². The summed E-state index contributed by atoms with van der Waals surface area (Å²) < 4.78 is 38.4. The number of nitrogens with one attached hydrogen (secondary N) is 3. The summed E-state index contributed by atoms with van der Waals surface area (Å²) >= 11 is 0. The van der Waals surface area contributed by atoms with E-state index in [1.807, 2.05) is 24.3 Å². The van der Waals surface area contributed by atoms with Gasteiger partial charge in [-0.3, -0.25) is 16.0 Å². The third kappa shape index (κ3) is 3.98. The molecule has 0 radical (unpaired) electrons. The Morgan fingerprint density at radius 3 is 2.38 bits per heavy atom. The van der Waals surface area contributed by atoms with Crippen molar-refractivity contribution < 1.29 is 23.2 Å². The molecule has 3 rings (SSSR count). The fourth-order valence-electron chi connectivity index (χ4n) is 2.24. The maximum atomic E-state index is 12.8. The van der Waals surface area contributed by atoms with E-state index in [1.165, 1.54) is 5.48 Å². The van der Waals surface area contributed by atoms with Crippen LogP contribution in [0.3, 0.4) is 0 Å². The Morgan fingerprint density at radius 2 is 1.69 bits per heavy atom. The average Bonchev–Trinajstić information content (AvgIpc) is 2.60. The van der Waals surface area contributed by atoms with E-state index >= 15 is 0 Å². The zero-order valence-electron chi connectivity index (χ0n) is 13.0. The van der Waals surface area contributed by atoms with Gasteiger partial charge in [0.1, 0.15) is 0 Å². The van der Waals surface area contributed by atoms with Crippen LogP contribution in [-0.4, -0.2) is 21.2 Å². The summed E-state index contributed by atoms with van der Waals surface area (Å²) in [7, 11) is 0. The minimum atomic E-state index is -4.76. The maximum absolute atomic E-state index is 12.8. The lowest BCUT2D eigenvalue weighted by Gasteiger charge is -2.11. The topological polar surface area (TPSA) is 99.2 Å². The quantitative estimate of drug-likeness (QED) is 0.525. The molecule has 0 saturated heterocycles. The molecule has 0 spiro atoms. The molecule has 2 amide bonds. The van der Waals surface area contributed by atoms with E-state index in [0.717, 1.165) is 10.8 Å². The summed E-state index contributed by atoms with van der Waals surface area (Å²) in [6, 6.07) is 12.3. The Bertz CT molecular complexity index is 962. The third-order valence-corrected chi connectivity index (χ3v) is 3.36. The first-order valence-electron chi connectivity index (χ1n) is 7.28. The maximum Gasteiger partial charge on any atom is 0.433 e. The summed E-state index contributed by atoms with van der Waals surface area (Å²) in [5, 5.41) is 15.2. The number of alkyl halides is 3. The molecule has 0 saturated carbocycles. The van der Waals surface area contributed by atoms with Gasteiger partial charge < -0.3 is 5.32 Å². The smallest absolute Gasteiger partial charge is 0.308 e. The van der Waals surface area contributed by atoms with Crippen molar-refractivity contribution in [3.63, 3.8) is 0 Å². The van der Waals surface area contributed by atoms with Crippen LogP contribution in [0.4, 0.5) is 35.4 Å². The summed E-state index contributed by atoms with van der Waals surface area (Å²) in [5.41, 5.74) is 0.624. The zero-order valence-corrected chi connectivity index (χ0v) is 13.0. The molecule has 134 valence electrons. The number of carbonyl (C=O) groups excluding carboxylic acids is 1. The fourth-order valence-corrected chi connectivity index (χ4v) is 2.24. The van der Waals surface area contributed by atoms with Gasteiger partial charge in [0.25, 0.3) is 0 Å². The number of benzene rings is 2. The number of amides is 2. The van der Waals surface area contributed by atoms with Gasteiger partial charge >= 0.3 is 12.2 Å². The molecule has 1 aromatic heterocycles. The first-order valence-corrected chi connectivity index (χ1v) is 7.28. The van der Waals surface area contributed by atoms with E-state index in [-0.39, 0.29) is 0 Å². The van der Waals surface area contributed by atoms with Crippen molar-refractivity contribution in [2.45, 2.75) is 6.18 Å². The van der Waals surface area contributed by atoms with Crippen molar-refractivity contribution in [2.24, 2.45) is 0 Å². The SMILES string of the molecule is O=C(Nc1ccc2ccccc2c1)Nc1nc(NO)cc(C(F)(F)F)n1. The van der Waals surface area contributed by atoms with Crippen molar-refractivity contribution in [2.75, 3.05) is 16.1 Å². The Balaban J connectivity index is 1.78. The first kappa shape index (κ1) is 17.4. The van der Waals surface area contributed by atoms with Crippen LogP contribution in [0.15, 0.2) is 48.5 Å². The van der Waals surface area contributed by atoms with Gasteiger partial charge in [-0.15, -0.1) is 0 Å². The van der Waals surface area contributed by atoms with Gasteiger partial charge in [0, 0.05) is 11.8 Å². The molecule has 0 unspecified atom stereocenters. The number of hydrogen-bond donors (Lipinski definition) is 4. The molecule has 10 heteroatoms. The summed E-state index contributed by atoms with van der Waals surface area (Å²) in [6.45, 7) is 0. The lowest BCUT2D eigenvalue weighted by atomic mass is 10.1. The Labute approximate surface area is 144 Å². The van der Waals surface area contributed by atoms with Gasteiger partial charge in [-0.25, -0.2) is 9.78 Å². The number of hydrogen-bond acceptors (Lipinski definition) is 5. The lowest BCUT2D eigenvalue weighted by molar-refractivity contribution is -0.141. The molecular weight excluding hydrogens is 351 g/mol. The van der Waals surface area contributed by atoms with Crippen molar-refractivity contribution >= 4 is 34.3 Å². The normalized spacial score (nSPS) is 11.2. The number of carbonyl (C=O) groups is 1. The van der Waals surface area contributed by atoms with E-state index in [2.05, 4.69) is 20.6 Å². The molecule has 0 bridgehead atoms. The van der Waals surface area contributed by atoms with Crippen LogP contribution in [0, 0.1) is 0 Å². The molecule has 4 N–H and O–H groups in total. The standard InChI is InChI=1S/C16H12F3N5O2/c17-16(18,19)12-8-13(24-26)22-14(21-12)23-15(25)20-11-6-5-9-3-1-2-4-10(9)7-11/h1-8,26H,(H3,20,21,22,23,24,25). The molecule has 7 nitrogen and oxygen atoms in total. The predicted molar refractivity (Wildman–Crippen MR) is 89.0 cm³/mol. The molecular formula is C16H12F3N5O2.